The quantitative estimate of drug-likeness (QED) is 0.666. The van der Waals surface area contributed by atoms with Gasteiger partial charge in [0.2, 0.25) is 0 Å². The molecule has 0 atom stereocenters. The Morgan fingerprint density at radius 2 is 1.90 bits per heavy atom. The first-order chi connectivity index (χ1) is 14.0. The van der Waals surface area contributed by atoms with Crippen molar-refractivity contribution < 1.29 is 23.9 Å². The van der Waals surface area contributed by atoms with Crippen LogP contribution in [-0.4, -0.2) is 60.1 Å². The Labute approximate surface area is 164 Å². The SMILES string of the molecule is Nc1c2c(cc(=O)n1-c1cccc(OCC(=O)N3CCOCC3)c1)C(=O)NC2=O. The maximum absolute atomic E-state index is 12.5. The van der Waals surface area contributed by atoms with Crippen LogP contribution in [0.15, 0.2) is 35.1 Å². The summed E-state index contributed by atoms with van der Waals surface area (Å²) in [4.78, 5) is 50.1. The number of fused-ring (bicyclic) bond motifs is 1. The van der Waals surface area contributed by atoms with Gasteiger partial charge in [-0.3, -0.25) is 29.1 Å². The molecule has 4 rings (SSSR count). The molecule has 0 unspecified atom stereocenters. The van der Waals surface area contributed by atoms with Gasteiger partial charge in [-0.2, -0.15) is 0 Å². The van der Waals surface area contributed by atoms with E-state index >= 15 is 0 Å². The van der Waals surface area contributed by atoms with Gasteiger partial charge in [-0.05, 0) is 12.1 Å². The first-order valence-electron chi connectivity index (χ1n) is 8.95. The second kappa shape index (κ2) is 7.40. The second-order valence-corrected chi connectivity index (χ2v) is 6.55. The minimum absolute atomic E-state index is 0.0385. The van der Waals surface area contributed by atoms with E-state index in [-0.39, 0.29) is 29.5 Å². The highest BCUT2D eigenvalue weighted by atomic mass is 16.5. The molecule has 150 valence electrons. The zero-order valence-electron chi connectivity index (χ0n) is 15.3. The number of nitrogens with two attached hydrogens (primary N) is 1. The molecule has 10 nitrogen and oxygen atoms in total. The molecule has 1 aromatic heterocycles. The minimum Gasteiger partial charge on any atom is -0.484 e. The highest BCUT2D eigenvalue weighted by Crippen LogP contribution is 2.24. The van der Waals surface area contributed by atoms with Crippen LogP contribution in [0.1, 0.15) is 20.7 Å². The molecular weight excluding hydrogens is 380 g/mol. The number of morpholine rings is 1. The highest BCUT2D eigenvalue weighted by Gasteiger charge is 2.31. The average Bonchev–Trinajstić information content (AvgIpc) is 3.00. The summed E-state index contributed by atoms with van der Waals surface area (Å²) in [5.41, 5.74) is 5.73. The third-order valence-electron chi connectivity index (χ3n) is 4.76. The molecule has 2 aliphatic rings. The van der Waals surface area contributed by atoms with Crippen molar-refractivity contribution in [2.75, 3.05) is 38.6 Å². The molecule has 10 heteroatoms. The number of hydrogen-bond acceptors (Lipinski definition) is 7. The zero-order chi connectivity index (χ0) is 20.5. The lowest BCUT2D eigenvalue weighted by Crippen LogP contribution is -2.42. The number of carbonyl (C=O) groups excluding carboxylic acids is 3. The van der Waals surface area contributed by atoms with E-state index in [2.05, 4.69) is 5.32 Å². The lowest BCUT2D eigenvalue weighted by molar-refractivity contribution is -0.137. The molecule has 3 heterocycles. The number of hydrogen-bond donors (Lipinski definition) is 2. The van der Waals surface area contributed by atoms with Gasteiger partial charge in [0, 0.05) is 25.2 Å². The summed E-state index contributed by atoms with van der Waals surface area (Å²) in [5, 5.41) is 2.12. The lowest BCUT2D eigenvalue weighted by Gasteiger charge is -2.26. The molecular formula is C19H18N4O6. The van der Waals surface area contributed by atoms with Crippen molar-refractivity contribution >= 4 is 23.5 Å². The van der Waals surface area contributed by atoms with Crippen LogP contribution in [-0.2, 0) is 9.53 Å². The van der Waals surface area contributed by atoms with E-state index in [1.807, 2.05) is 0 Å². The average molecular weight is 398 g/mol. The van der Waals surface area contributed by atoms with Gasteiger partial charge >= 0.3 is 0 Å². The number of carbonyl (C=O) groups is 3. The number of aromatic nitrogens is 1. The first kappa shape index (κ1) is 18.7. The van der Waals surface area contributed by atoms with Crippen molar-refractivity contribution in [2.45, 2.75) is 0 Å². The fourth-order valence-electron chi connectivity index (χ4n) is 3.31. The molecule has 0 bridgehead atoms. The van der Waals surface area contributed by atoms with Crippen LogP contribution in [0.5, 0.6) is 5.75 Å². The van der Waals surface area contributed by atoms with Crippen molar-refractivity contribution in [2.24, 2.45) is 0 Å². The van der Waals surface area contributed by atoms with Crippen LogP contribution in [0, 0.1) is 0 Å². The highest BCUT2D eigenvalue weighted by molar-refractivity contribution is 6.23. The molecule has 2 aliphatic heterocycles. The van der Waals surface area contributed by atoms with Crippen molar-refractivity contribution in [3.63, 3.8) is 0 Å². The summed E-state index contributed by atoms with van der Waals surface area (Å²) < 4.78 is 11.9. The molecule has 2 aromatic rings. The Kier molecular flexibility index (Phi) is 4.77. The molecule has 1 saturated heterocycles. The normalized spacial score (nSPS) is 15.8. The van der Waals surface area contributed by atoms with Gasteiger partial charge in [0.1, 0.15) is 11.6 Å². The van der Waals surface area contributed by atoms with Gasteiger partial charge in [-0.15, -0.1) is 0 Å². The lowest BCUT2D eigenvalue weighted by atomic mass is 10.1. The summed E-state index contributed by atoms with van der Waals surface area (Å²) >= 11 is 0. The molecule has 3 N–H and O–H groups in total. The Hall–Kier alpha value is -3.66. The topological polar surface area (TPSA) is 133 Å². The summed E-state index contributed by atoms with van der Waals surface area (Å²) in [6, 6.07) is 7.48. The van der Waals surface area contributed by atoms with Crippen molar-refractivity contribution in [1.29, 1.82) is 0 Å². The first-order valence-corrected chi connectivity index (χ1v) is 8.95. The van der Waals surface area contributed by atoms with Crippen molar-refractivity contribution in [3.8, 4) is 11.4 Å². The van der Waals surface area contributed by atoms with E-state index in [4.69, 9.17) is 15.2 Å². The maximum Gasteiger partial charge on any atom is 0.262 e. The van der Waals surface area contributed by atoms with Crippen LogP contribution >= 0.6 is 0 Å². The van der Waals surface area contributed by atoms with Crippen LogP contribution in [0.2, 0.25) is 0 Å². The number of nitrogen functional groups attached to an aromatic ring is 1. The minimum atomic E-state index is -0.653. The van der Waals surface area contributed by atoms with Gasteiger partial charge in [0.15, 0.2) is 6.61 Å². The number of amides is 3. The molecule has 29 heavy (non-hydrogen) atoms. The van der Waals surface area contributed by atoms with Crippen LogP contribution in [0.4, 0.5) is 5.82 Å². The fraction of sp³-hybridized carbons (Fsp3) is 0.263. The Balaban J connectivity index is 1.59. The predicted molar refractivity (Wildman–Crippen MR) is 101 cm³/mol. The third kappa shape index (κ3) is 3.45. The van der Waals surface area contributed by atoms with Gasteiger partial charge in [-0.25, -0.2) is 0 Å². The monoisotopic (exact) mass is 398 g/mol. The van der Waals surface area contributed by atoms with Crippen molar-refractivity contribution in [3.05, 3.63) is 51.8 Å². The number of ether oxygens (including phenoxy) is 2. The summed E-state index contributed by atoms with van der Waals surface area (Å²) in [6.07, 6.45) is 0. The van der Waals surface area contributed by atoms with E-state index in [0.717, 1.165) is 10.6 Å². The smallest absolute Gasteiger partial charge is 0.262 e. The van der Waals surface area contributed by atoms with Crippen LogP contribution in [0.3, 0.4) is 0 Å². The van der Waals surface area contributed by atoms with Gasteiger partial charge in [-0.1, -0.05) is 6.07 Å². The standard InChI is InChI=1S/C19H18N4O6/c20-17-16-13(18(26)21-19(16)27)9-14(24)23(17)11-2-1-3-12(8-11)29-10-15(25)22-4-6-28-7-5-22/h1-3,8-9H,4-7,10,20H2,(H,21,26,27). The van der Waals surface area contributed by atoms with Crippen molar-refractivity contribution in [1.82, 2.24) is 14.8 Å². The summed E-state index contributed by atoms with van der Waals surface area (Å²) in [6.45, 7) is 1.87. The summed E-state index contributed by atoms with van der Waals surface area (Å²) in [7, 11) is 0. The Morgan fingerprint density at radius 1 is 1.14 bits per heavy atom. The fourth-order valence-corrected chi connectivity index (χ4v) is 3.31. The van der Waals surface area contributed by atoms with E-state index in [1.165, 1.54) is 6.07 Å². The zero-order valence-corrected chi connectivity index (χ0v) is 15.3. The van der Waals surface area contributed by atoms with Gasteiger partial charge in [0.25, 0.3) is 23.3 Å². The molecule has 0 radical (unpaired) electrons. The number of nitrogens with one attached hydrogen (secondary N) is 1. The van der Waals surface area contributed by atoms with Crippen LogP contribution in [0.25, 0.3) is 5.69 Å². The van der Waals surface area contributed by atoms with Gasteiger partial charge in [0.05, 0.1) is 30.0 Å². The Bertz CT molecular complexity index is 1070. The summed E-state index contributed by atoms with van der Waals surface area (Å²) in [5.74, 6) is -1.25. The third-order valence-corrected chi connectivity index (χ3v) is 4.76. The molecule has 1 aromatic carbocycles. The second-order valence-electron chi connectivity index (χ2n) is 6.55. The molecule has 0 spiro atoms. The predicted octanol–water partition coefficient (Wildman–Crippen LogP) is -0.459. The largest absolute Gasteiger partial charge is 0.484 e. The molecule has 1 fully saturated rings. The molecule has 3 amide bonds. The van der Waals surface area contributed by atoms with E-state index in [9.17, 15) is 19.2 Å². The van der Waals surface area contributed by atoms with Crippen LogP contribution < -0.4 is 21.3 Å². The molecule has 0 aliphatic carbocycles. The maximum atomic E-state index is 12.5. The van der Waals surface area contributed by atoms with E-state index in [1.54, 1.807) is 23.1 Å². The number of imide groups is 1. The number of anilines is 1. The number of rotatable bonds is 4. The molecule has 0 saturated carbocycles. The Morgan fingerprint density at radius 3 is 2.66 bits per heavy atom. The number of pyridine rings is 1. The van der Waals surface area contributed by atoms with E-state index in [0.29, 0.717) is 37.7 Å². The number of benzene rings is 1. The van der Waals surface area contributed by atoms with Gasteiger partial charge < -0.3 is 20.1 Å². The number of nitrogens with zero attached hydrogens (tertiary/aromatic N) is 2. The van der Waals surface area contributed by atoms with E-state index < -0.39 is 17.4 Å².